The average molecular weight is 314 g/mol. The summed E-state index contributed by atoms with van der Waals surface area (Å²) in [5.74, 6) is -1.34. The molecule has 0 aliphatic rings. The van der Waals surface area contributed by atoms with Gasteiger partial charge in [-0.1, -0.05) is 13.8 Å². The molecule has 1 unspecified atom stereocenters. The van der Waals surface area contributed by atoms with Crippen LogP contribution in [0.4, 0.5) is 5.69 Å². The average Bonchev–Trinajstić information content (AvgIpc) is 2.44. The molecule has 0 aliphatic heterocycles. The Morgan fingerprint density at radius 2 is 1.86 bits per heavy atom. The van der Waals surface area contributed by atoms with E-state index in [1.165, 1.54) is 12.1 Å². The van der Waals surface area contributed by atoms with Gasteiger partial charge in [0.25, 0.3) is 0 Å². The van der Waals surface area contributed by atoms with Gasteiger partial charge in [0.2, 0.25) is 10.0 Å². The molecule has 0 aliphatic carbocycles. The fourth-order valence-corrected chi connectivity index (χ4v) is 2.98. The number of rotatable bonds is 8. The van der Waals surface area contributed by atoms with Crippen LogP contribution in [0.3, 0.4) is 0 Å². The van der Waals surface area contributed by atoms with Crippen LogP contribution in [0.25, 0.3) is 0 Å². The van der Waals surface area contributed by atoms with Crippen LogP contribution in [0.2, 0.25) is 0 Å². The highest BCUT2D eigenvalue weighted by molar-refractivity contribution is 7.89. The summed E-state index contributed by atoms with van der Waals surface area (Å²) in [6.45, 7) is 6.66. The third-order valence-electron chi connectivity index (χ3n) is 3.14. The molecule has 0 fully saturated rings. The minimum atomic E-state index is -3.46. The Morgan fingerprint density at radius 3 is 2.29 bits per heavy atom. The van der Waals surface area contributed by atoms with Gasteiger partial charge in [0.15, 0.2) is 0 Å². The molecule has 0 aromatic heterocycles. The van der Waals surface area contributed by atoms with Crippen molar-refractivity contribution in [3.63, 3.8) is 0 Å². The van der Waals surface area contributed by atoms with Crippen LogP contribution >= 0.6 is 0 Å². The Balaban J connectivity index is 2.92. The highest BCUT2D eigenvalue weighted by Gasteiger charge is 2.17. The summed E-state index contributed by atoms with van der Waals surface area (Å²) in [5.41, 5.74) is 0.807. The number of hydrogen-bond donors (Lipinski definition) is 2. The Morgan fingerprint density at radius 1 is 1.29 bits per heavy atom. The molecule has 1 rings (SSSR count). The summed E-state index contributed by atoms with van der Waals surface area (Å²) in [6, 6.07) is 6.45. The van der Waals surface area contributed by atoms with Crippen molar-refractivity contribution in [2.24, 2.45) is 5.92 Å². The minimum absolute atomic E-state index is 0.204. The second kappa shape index (κ2) is 7.42. The zero-order chi connectivity index (χ0) is 16.0. The number of carboxylic acids is 1. The molecule has 1 aromatic rings. The van der Waals surface area contributed by atoms with Gasteiger partial charge in [-0.15, -0.1) is 0 Å². The van der Waals surface area contributed by atoms with E-state index in [1.807, 2.05) is 11.8 Å². The van der Waals surface area contributed by atoms with Gasteiger partial charge in [0.1, 0.15) is 0 Å². The molecule has 118 valence electrons. The van der Waals surface area contributed by atoms with Crippen molar-refractivity contribution in [3.8, 4) is 0 Å². The van der Waals surface area contributed by atoms with Crippen molar-refractivity contribution < 1.29 is 18.3 Å². The van der Waals surface area contributed by atoms with Crippen LogP contribution in [0.1, 0.15) is 20.8 Å². The van der Waals surface area contributed by atoms with Crippen molar-refractivity contribution in [2.45, 2.75) is 25.7 Å². The number of carbonyl (C=O) groups is 1. The number of hydrogen-bond acceptors (Lipinski definition) is 4. The Hall–Kier alpha value is -1.60. The number of sulfonamides is 1. The second-order valence-electron chi connectivity index (χ2n) is 4.77. The molecule has 0 saturated heterocycles. The molecule has 0 saturated carbocycles. The topological polar surface area (TPSA) is 86.7 Å². The van der Waals surface area contributed by atoms with Gasteiger partial charge in [-0.05, 0) is 31.2 Å². The third kappa shape index (κ3) is 4.71. The van der Waals surface area contributed by atoms with Crippen molar-refractivity contribution in [1.29, 1.82) is 0 Å². The van der Waals surface area contributed by atoms with Crippen LogP contribution in [-0.2, 0) is 14.8 Å². The first-order valence-corrected chi connectivity index (χ1v) is 8.37. The zero-order valence-corrected chi connectivity index (χ0v) is 13.4. The van der Waals surface area contributed by atoms with Crippen molar-refractivity contribution >= 4 is 21.7 Å². The maximum absolute atomic E-state index is 11.8. The highest BCUT2D eigenvalue weighted by Crippen LogP contribution is 2.19. The van der Waals surface area contributed by atoms with E-state index in [0.717, 1.165) is 5.69 Å². The van der Waals surface area contributed by atoms with Crippen LogP contribution < -0.4 is 9.62 Å². The summed E-state index contributed by atoms with van der Waals surface area (Å²) in [5, 5.41) is 8.97. The predicted octanol–water partition coefficient (Wildman–Crippen LogP) is 1.53. The lowest BCUT2D eigenvalue weighted by molar-refractivity contribution is -0.140. The smallest absolute Gasteiger partial charge is 0.308 e. The highest BCUT2D eigenvalue weighted by atomic mass is 32.2. The SMILES string of the molecule is CCNS(=O)(=O)c1ccc(N(CC)CC(C)C(=O)O)cc1. The third-order valence-corrected chi connectivity index (χ3v) is 4.71. The van der Waals surface area contributed by atoms with E-state index in [9.17, 15) is 13.2 Å². The maximum atomic E-state index is 11.8. The van der Waals surface area contributed by atoms with E-state index >= 15 is 0 Å². The lowest BCUT2D eigenvalue weighted by atomic mass is 10.1. The first kappa shape index (κ1) is 17.5. The fourth-order valence-electron chi connectivity index (χ4n) is 1.94. The summed E-state index contributed by atoms with van der Waals surface area (Å²) < 4.78 is 26.1. The molecule has 0 radical (unpaired) electrons. The quantitative estimate of drug-likeness (QED) is 0.760. The van der Waals surface area contributed by atoms with Gasteiger partial charge >= 0.3 is 5.97 Å². The van der Waals surface area contributed by atoms with E-state index in [2.05, 4.69) is 4.72 Å². The molecular weight excluding hydrogens is 292 g/mol. The number of carboxylic acid groups (broad SMARTS) is 1. The number of benzene rings is 1. The number of aliphatic carboxylic acids is 1. The second-order valence-corrected chi connectivity index (χ2v) is 6.54. The lowest BCUT2D eigenvalue weighted by Crippen LogP contribution is -2.31. The number of nitrogens with one attached hydrogen (secondary N) is 1. The molecule has 21 heavy (non-hydrogen) atoms. The van der Waals surface area contributed by atoms with Gasteiger partial charge in [0.05, 0.1) is 10.8 Å². The Kier molecular flexibility index (Phi) is 6.17. The molecule has 0 amide bonds. The van der Waals surface area contributed by atoms with Crippen LogP contribution in [0, 0.1) is 5.92 Å². The normalized spacial score (nSPS) is 12.9. The van der Waals surface area contributed by atoms with Gasteiger partial charge < -0.3 is 10.0 Å². The van der Waals surface area contributed by atoms with Crippen LogP contribution in [0.15, 0.2) is 29.2 Å². The first-order chi connectivity index (χ1) is 9.81. The fraction of sp³-hybridized carbons (Fsp3) is 0.500. The molecular formula is C14H22N2O4S. The molecule has 0 heterocycles. The Labute approximate surface area is 125 Å². The van der Waals surface area contributed by atoms with E-state index in [0.29, 0.717) is 19.6 Å². The monoisotopic (exact) mass is 314 g/mol. The van der Waals surface area contributed by atoms with Gasteiger partial charge in [-0.2, -0.15) is 0 Å². The summed E-state index contributed by atoms with van der Waals surface area (Å²) in [6.07, 6.45) is 0. The molecule has 6 nitrogen and oxygen atoms in total. The van der Waals surface area contributed by atoms with Gasteiger partial charge in [-0.25, -0.2) is 13.1 Å². The van der Waals surface area contributed by atoms with Crippen molar-refractivity contribution in [3.05, 3.63) is 24.3 Å². The summed E-state index contributed by atoms with van der Waals surface area (Å²) in [4.78, 5) is 13.0. The van der Waals surface area contributed by atoms with E-state index < -0.39 is 21.9 Å². The molecule has 1 aromatic carbocycles. The molecule has 0 bridgehead atoms. The van der Waals surface area contributed by atoms with E-state index in [1.54, 1.807) is 26.0 Å². The van der Waals surface area contributed by atoms with Crippen LogP contribution in [-0.4, -0.2) is 39.1 Å². The van der Waals surface area contributed by atoms with E-state index in [-0.39, 0.29) is 4.90 Å². The first-order valence-electron chi connectivity index (χ1n) is 6.89. The zero-order valence-electron chi connectivity index (χ0n) is 12.5. The summed E-state index contributed by atoms with van der Waals surface area (Å²) in [7, 11) is -3.46. The van der Waals surface area contributed by atoms with Crippen LogP contribution in [0.5, 0.6) is 0 Å². The maximum Gasteiger partial charge on any atom is 0.308 e. The molecule has 0 spiro atoms. The lowest BCUT2D eigenvalue weighted by Gasteiger charge is -2.25. The molecule has 1 atom stereocenters. The molecule has 2 N–H and O–H groups in total. The summed E-state index contributed by atoms with van der Waals surface area (Å²) >= 11 is 0. The van der Waals surface area contributed by atoms with Crippen molar-refractivity contribution in [1.82, 2.24) is 4.72 Å². The standard InChI is InChI=1S/C14H22N2O4S/c1-4-15-21(19,20)13-8-6-12(7-9-13)16(5-2)10-11(3)14(17)18/h6-9,11,15H,4-5,10H2,1-3H3,(H,17,18). The van der Waals surface area contributed by atoms with Crippen molar-refractivity contribution in [2.75, 3.05) is 24.5 Å². The minimum Gasteiger partial charge on any atom is -0.481 e. The number of nitrogens with zero attached hydrogens (tertiary/aromatic N) is 1. The number of anilines is 1. The van der Waals surface area contributed by atoms with E-state index in [4.69, 9.17) is 5.11 Å². The molecule has 7 heteroatoms. The van der Waals surface area contributed by atoms with Gasteiger partial charge in [-0.3, -0.25) is 4.79 Å². The van der Waals surface area contributed by atoms with Gasteiger partial charge in [0, 0.05) is 25.3 Å². The Bertz CT molecular complexity index is 569. The predicted molar refractivity (Wildman–Crippen MR) is 82.0 cm³/mol. The largest absolute Gasteiger partial charge is 0.481 e.